The van der Waals surface area contributed by atoms with Crippen molar-refractivity contribution in [3.05, 3.63) is 0 Å². The number of carbonyl (C=O) groups is 2. The fraction of sp³-hybridized carbons (Fsp3) is 0.846. The van der Waals surface area contributed by atoms with Crippen LogP contribution in [0.1, 0.15) is 26.7 Å². The van der Waals surface area contributed by atoms with Crippen LogP contribution < -0.4 is 0 Å². The van der Waals surface area contributed by atoms with Crippen molar-refractivity contribution in [1.29, 1.82) is 0 Å². The van der Waals surface area contributed by atoms with Gasteiger partial charge in [-0.1, -0.05) is 6.92 Å². The molecule has 24 heavy (non-hydrogen) atoms. The van der Waals surface area contributed by atoms with Gasteiger partial charge in [-0.15, -0.1) is 0 Å². The van der Waals surface area contributed by atoms with Crippen LogP contribution in [0.25, 0.3) is 0 Å². The number of halogens is 3. The largest absolute Gasteiger partial charge is 0.481 e. The summed E-state index contributed by atoms with van der Waals surface area (Å²) in [5.41, 5.74) is 0. The van der Waals surface area contributed by atoms with E-state index in [9.17, 15) is 31.2 Å². The second kappa shape index (κ2) is 7.68. The number of hydrogen-bond acceptors (Lipinski definition) is 5. The van der Waals surface area contributed by atoms with E-state index in [1.165, 1.54) is 6.92 Å². The van der Waals surface area contributed by atoms with E-state index in [0.717, 1.165) is 0 Å². The Labute approximate surface area is 137 Å². The van der Waals surface area contributed by atoms with Crippen molar-refractivity contribution >= 4 is 22.0 Å². The molecule has 0 bridgehead atoms. The Morgan fingerprint density at radius 1 is 1.33 bits per heavy atom. The number of nitrogens with zero attached hydrogens (tertiary/aromatic N) is 1. The summed E-state index contributed by atoms with van der Waals surface area (Å²) in [6.45, 7) is 2.01. The molecule has 1 aliphatic rings. The third kappa shape index (κ3) is 5.07. The lowest BCUT2D eigenvalue weighted by atomic mass is 9.92. The van der Waals surface area contributed by atoms with E-state index in [4.69, 9.17) is 5.11 Å². The maximum absolute atomic E-state index is 13.2. The smallest absolute Gasteiger partial charge is 0.407 e. The zero-order valence-corrected chi connectivity index (χ0v) is 14.1. The molecule has 1 N–H and O–H groups in total. The molecule has 3 atom stereocenters. The van der Waals surface area contributed by atoms with Crippen LogP contribution in [0.15, 0.2) is 0 Å². The number of sulfonamides is 1. The van der Waals surface area contributed by atoms with Gasteiger partial charge in [0, 0.05) is 13.1 Å². The predicted molar refractivity (Wildman–Crippen MR) is 76.5 cm³/mol. The van der Waals surface area contributed by atoms with Crippen molar-refractivity contribution in [3.63, 3.8) is 0 Å². The quantitative estimate of drug-likeness (QED) is 0.701. The molecule has 0 aromatic rings. The number of ether oxygens (including phenoxy) is 1. The number of rotatable bonds is 6. The molecule has 1 saturated heterocycles. The molecule has 0 aromatic heterocycles. The van der Waals surface area contributed by atoms with Crippen molar-refractivity contribution in [2.75, 3.05) is 19.7 Å². The van der Waals surface area contributed by atoms with Gasteiger partial charge in [-0.05, 0) is 19.3 Å². The number of esters is 1. The molecule has 0 radical (unpaired) electrons. The Kier molecular flexibility index (Phi) is 6.62. The molecule has 0 aromatic carbocycles. The summed E-state index contributed by atoms with van der Waals surface area (Å²) in [5.74, 6) is -4.04. The van der Waals surface area contributed by atoms with Gasteiger partial charge in [0.15, 0.2) is 5.25 Å². The van der Waals surface area contributed by atoms with Gasteiger partial charge in [-0.25, -0.2) is 12.7 Å². The van der Waals surface area contributed by atoms with Gasteiger partial charge in [0.25, 0.3) is 0 Å². The maximum atomic E-state index is 13.2. The Hall–Kier alpha value is -1.36. The molecule has 1 heterocycles. The highest BCUT2D eigenvalue weighted by Crippen LogP contribution is 2.34. The van der Waals surface area contributed by atoms with E-state index < -0.39 is 58.2 Å². The lowest BCUT2D eigenvalue weighted by molar-refractivity contribution is -0.155. The minimum atomic E-state index is -5.18. The second-order valence-electron chi connectivity index (χ2n) is 5.78. The standard InChI is InChI=1S/C13H20F3NO6S/c1-3-23-11(18)5-10(13(14,15)16)24(21,22)17-6-8(2)4-9(7-17)12(19)20/h8-10H,3-7H2,1-2H3,(H,19,20). The first-order valence-corrected chi connectivity index (χ1v) is 8.84. The fourth-order valence-electron chi connectivity index (χ4n) is 2.63. The molecule has 0 aliphatic carbocycles. The summed E-state index contributed by atoms with van der Waals surface area (Å²) in [5, 5.41) is 6.08. The molecule has 7 nitrogen and oxygen atoms in total. The van der Waals surface area contributed by atoms with Gasteiger partial charge in [0.2, 0.25) is 10.0 Å². The summed E-state index contributed by atoms with van der Waals surface area (Å²) >= 11 is 0. The van der Waals surface area contributed by atoms with Crippen molar-refractivity contribution in [3.8, 4) is 0 Å². The van der Waals surface area contributed by atoms with Crippen LogP contribution in [-0.4, -0.2) is 60.9 Å². The molecular formula is C13H20F3NO6S. The lowest BCUT2D eigenvalue weighted by Gasteiger charge is -2.36. The average Bonchev–Trinajstić information content (AvgIpc) is 2.43. The fourth-order valence-corrected chi connectivity index (χ4v) is 4.52. The molecule has 3 unspecified atom stereocenters. The second-order valence-corrected chi connectivity index (χ2v) is 7.89. The summed E-state index contributed by atoms with van der Waals surface area (Å²) < 4.78 is 69.3. The monoisotopic (exact) mass is 375 g/mol. The van der Waals surface area contributed by atoms with E-state index in [2.05, 4.69) is 4.74 Å². The highest BCUT2D eigenvalue weighted by Gasteiger charge is 2.53. The van der Waals surface area contributed by atoms with E-state index >= 15 is 0 Å². The van der Waals surface area contributed by atoms with E-state index in [-0.39, 0.29) is 19.6 Å². The van der Waals surface area contributed by atoms with Crippen molar-refractivity contribution < 1.29 is 41.0 Å². The summed E-state index contributed by atoms with van der Waals surface area (Å²) in [7, 11) is -4.95. The highest BCUT2D eigenvalue weighted by molar-refractivity contribution is 7.89. The van der Waals surface area contributed by atoms with Crippen LogP contribution in [0, 0.1) is 11.8 Å². The SMILES string of the molecule is CCOC(=O)CC(C(F)(F)F)S(=O)(=O)N1CC(C)CC(C(=O)O)C1. The average molecular weight is 375 g/mol. The van der Waals surface area contributed by atoms with Crippen LogP contribution in [0.5, 0.6) is 0 Å². The van der Waals surface area contributed by atoms with Crippen LogP contribution >= 0.6 is 0 Å². The minimum Gasteiger partial charge on any atom is -0.481 e. The summed E-state index contributed by atoms with van der Waals surface area (Å²) in [4.78, 5) is 22.5. The number of carbonyl (C=O) groups excluding carboxylic acids is 1. The van der Waals surface area contributed by atoms with Crippen molar-refractivity contribution in [2.24, 2.45) is 11.8 Å². The third-order valence-electron chi connectivity index (χ3n) is 3.72. The number of alkyl halides is 3. The van der Waals surface area contributed by atoms with Crippen LogP contribution in [0.4, 0.5) is 13.2 Å². The Morgan fingerprint density at radius 3 is 2.38 bits per heavy atom. The Morgan fingerprint density at radius 2 is 1.92 bits per heavy atom. The van der Waals surface area contributed by atoms with Gasteiger partial charge in [-0.2, -0.15) is 13.2 Å². The van der Waals surface area contributed by atoms with Gasteiger partial charge in [-0.3, -0.25) is 9.59 Å². The van der Waals surface area contributed by atoms with Gasteiger partial charge >= 0.3 is 18.1 Å². The first kappa shape index (κ1) is 20.7. The Balaban J connectivity index is 3.10. The molecule has 1 rings (SSSR count). The molecule has 0 amide bonds. The van der Waals surface area contributed by atoms with Gasteiger partial charge in [0.05, 0.1) is 18.9 Å². The zero-order valence-electron chi connectivity index (χ0n) is 13.2. The van der Waals surface area contributed by atoms with Gasteiger partial charge in [0.1, 0.15) is 0 Å². The molecule has 11 heteroatoms. The van der Waals surface area contributed by atoms with Crippen LogP contribution in [0.3, 0.4) is 0 Å². The number of carboxylic acids is 1. The van der Waals surface area contributed by atoms with Crippen molar-refractivity contribution in [1.82, 2.24) is 4.31 Å². The summed E-state index contributed by atoms with van der Waals surface area (Å²) in [6.07, 6.45) is -6.36. The lowest BCUT2D eigenvalue weighted by Crippen LogP contribution is -2.52. The normalized spacial score (nSPS) is 24.4. The van der Waals surface area contributed by atoms with E-state index in [1.807, 2.05) is 0 Å². The molecule has 0 saturated carbocycles. The number of piperidine rings is 1. The first-order chi connectivity index (χ1) is 10.9. The summed E-state index contributed by atoms with van der Waals surface area (Å²) in [6, 6.07) is 0. The molecular weight excluding hydrogens is 355 g/mol. The highest BCUT2D eigenvalue weighted by atomic mass is 32.2. The van der Waals surface area contributed by atoms with Crippen molar-refractivity contribution in [2.45, 2.75) is 38.1 Å². The first-order valence-electron chi connectivity index (χ1n) is 7.33. The third-order valence-corrected chi connectivity index (χ3v) is 5.89. The molecule has 1 fully saturated rings. The predicted octanol–water partition coefficient (Wildman–Crippen LogP) is 1.24. The van der Waals surface area contributed by atoms with Gasteiger partial charge < -0.3 is 9.84 Å². The topological polar surface area (TPSA) is 101 Å². The van der Waals surface area contributed by atoms with Crippen LogP contribution in [-0.2, 0) is 24.3 Å². The zero-order chi connectivity index (χ0) is 18.7. The number of hydrogen-bond donors (Lipinski definition) is 1. The van der Waals surface area contributed by atoms with E-state index in [1.54, 1.807) is 6.92 Å². The minimum absolute atomic E-state index is 0.175. The maximum Gasteiger partial charge on any atom is 0.407 e. The Bertz CT molecular complexity index is 577. The number of aliphatic carboxylic acids is 1. The number of carboxylic acid groups (broad SMARTS) is 1. The molecule has 140 valence electrons. The molecule has 0 spiro atoms. The molecule has 1 aliphatic heterocycles. The van der Waals surface area contributed by atoms with Crippen LogP contribution in [0.2, 0.25) is 0 Å². The van der Waals surface area contributed by atoms with E-state index in [0.29, 0.717) is 4.31 Å².